The van der Waals surface area contributed by atoms with Crippen molar-refractivity contribution in [2.75, 3.05) is 5.75 Å². The van der Waals surface area contributed by atoms with E-state index in [2.05, 4.69) is 61.6 Å². The van der Waals surface area contributed by atoms with Crippen molar-refractivity contribution in [1.29, 1.82) is 0 Å². The van der Waals surface area contributed by atoms with Crippen molar-refractivity contribution >= 4 is 17.5 Å². The summed E-state index contributed by atoms with van der Waals surface area (Å²) >= 11 is 1.81. The summed E-state index contributed by atoms with van der Waals surface area (Å²) < 4.78 is 7.28. The first-order valence-electron chi connectivity index (χ1n) is 12.4. The molecule has 0 amide bonds. The number of nitrogens with one attached hydrogen (secondary N) is 1. The fourth-order valence-corrected chi connectivity index (χ4v) is 5.85. The summed E-state index contributed by atoms with van der Waals surface area (Å²) in [6.07, 6.45) is 15.8. The quantitative estimate of drug-likeness (QED) is 0.310. The van der Waals surface area contributed by atoms with Gasteiger partial charge in [0.2, 0.25) is 11.7 Å². The molecule has 1 aliphatic heterocycles. The van der Waals surface area contributed by atoms with Crippen molar-refractivity contribution in [3.63, 3.8) is 0 Å². The molecule has 1 aromatic carbocycles. The van der Waals surface area contributed by atoms with Crippen LogP contribution in [-0.2, 0) is 7.05 Å². The lowest BCUT2D eigenvalue weighted by atomic mass is 9.78. The van der Waals surface area contributed by atoms with Crippen LogP contribution < -0.4 is 5.32 Å². The number of nitrogens with zero attached hydrogens (tertiary/aromatic N) is 5. The zero-order valence-corrected chi connectivity index (χ0v) is 21.2. The van der Waals surface area contributed by atoms with Crippen molar-refractivity contribution in [2.24, 2.45) is 18.9 Å². The molecule has 182 valence electrons. The van der Waals surface area contributed by atoms with Gasteiger partial charge in [-0.3, -0.25) is 0 Å². The van der Waals surface area contributed by atoms with Crippen LogP contribution in [0.1, 0.15) is 50.2 Å². The lowest BCUT2D eigenvalue weighted by Gasteiger charge is -2.31. The first-order chi connectivity index (χ1) is 17.2. The van der Waals surface area contributed by atoms with Gasteiger partial charge in [0.05, 0.1) is 5.70 Å². The van der Waals surface area contributed by atoms with Crippen LogP contribution in [0.25, 0.3) is 17.1 Å². The van der Waals surface area contributed by atoms with Gasteiger partial charge in [-0.1, -0.05) is 72.2 Å². The molecule has 1 aliphatic carbocycles. The van der Waals surface area contributed by atoms with Crippen molar-refractivity contribution in [1.82, 2.24) is 30.2 Å². The van der Waals surface area contributed by atoms with Crippen LogP contribution in [0.3, 0.4) is 0 Å². The van der Waals surface area contributed by atoms with Gasteiger partial charge in [0.15, 0.2) is 11.0 Å². The van der Waals surface area contributed by atoms with E-state index < -0.39 is 0 Å². The molecule has 2 aliphatic rings. The maximum atomic E-state index is 5.18. The molecular formula is C27H32N6OS. The Morgan fingerprint density at radius 3 is 2.80 bits per heavy atom. The topological polar surface area (TPSA) is 81.7 Å². The minimum atomic E-state index is 0.535. The monoisotopic (exact) mass is 488 g/mol. The predicted molar refractivity (Wildman–Crippen MR) is 139 cm³/mol. The zero-order chi connectivity index (χ0) is 24.0. The highest BCUT2D eigenvalue weighted by molar-refractivity contribution is 7.99. The molecule has 5 rings (SSSR count). The number of thioether (sulfide) groups is 1. The van der Waals surface area contributed by atoms with E-state index in [0.29, 0.717) is 17.6 Å². The molecule has 8 heteroatoms. The molecule has 2 aromatic heterocycles. The Morgan fingerprint density at radius 2 is 1.97 bits per heavy atom. The summed E-state index contributed by atoms with van der Waals surface area (Å²) in [5.41, 5.74) is 3.27. The summed E-state index contributed by atoms with van der Waals surface area (Å²) in [4.78, 5) is 4.39. The van der Waals surface area contributed by atoms with Gasteiger partial charge in [0.1, 0.15) is 0 Å². The Balaban J connectivity index is 1.12. The zero-order valence-electron chi connectivity index (χ0n) is 20.4. The Kier molecular flexibility index (Phi) is 7.47. The molecule has 3 heterocycles. The summed E-state index contributed by atoms with van der Waals surface area (Å²) in [7, 11) is 2.05. The summed E-state index contributed by atoms with van der Waals surface area (Å²) in [6.45, 7) is 1.82. The smallest absolute Gasteiger partial charge is 0.223 e. The molecule has 0 spiro atoms. The van der Waals surface area contributed by atoms with E-state index in [1.807, 2.05) is 49.0 Å². The van der Waals surface area contributed by atoms with Gasteiger partial charge in [-0.05, 0) is 49.7 Å². The van der Waals surface area contributed by atoms with E-state index in [1.165, 1.54) is 44.2 Å². The number of hydrogen-bond donors (Lipinski definition) is 1. The van der Waals surface area contributed by atoms with Crippen LogP contribution in [0.4, 0.5) is 0 Å². The third-order valence-corrected chi connectivity index (χ3v) is 7.88. The van der Waals surface area contributed by atoms with Crippen molar-refractivity contribution in [3.8, 4) is 11.4 Å². The maximum Gasteiger partial charge on any atom is 0.223 e. The highest BCUT2D eigenvalue weighted by Crippen LogP contribution is 2.36. The molecule has 2 unspecified atom stereocenters. The van der Waals surface area contributed by atoms with E-state index in [1.54, 1.807) is 0 Å². The van der Waals surface area contributed by atoms with Gasteiger partial charge >= 0.3 is 0 Å². The van der Waals surface area contributed by atoms with Crippen molar-refractivity contribution in [3.05, 3.63) is 72.0 Å². The number of aryl methyl sites for hydroxylation is 1. The van der Waals surface area contributed by atoms with E-state index >= 15 is 0 Å². The van der Waals surface area contributed by atoms with Gasteiger partial charge < -0.3 is 14.4 Å². The second kappa shape index (κ2) is 11.1. The van der Waals surface area contributed by atoms with Crippen LogP contribution in [0.5, 0.6) is 0 Å². The van der Waals surface area contributed by atoms with Gasteiger partial charge in [-0.15, -0.1) is 10.2 Å². The fraction of sp³-hybridized carbons (Fsp3) is 0.407. The van der Waals surface area contributed by atoms with Crippen molar-refractivity contribution < 1.29 is 4.52 Å². The summed E-state index contributed by atoms with van der Waals surface area (Å²) in [5, 5.41) is 17.5. The Labute approximate surface area is 210 Å². The lowest BCUT2D eigenvalue weighted by molar-refractivity contribution is 0.275. The van der Waals surface area contributed by atoms with Crippen LogP contribution >= 0.6 is 11.8 Å². The number of allylic oxidation sites excluding steroid dienone is 5. The molecular weight excluding hydrogens is 456 g/mol. The Bertz CT molecular complexity index is 1230. The van der Waals surface area contributed by atoms with Gasteiger partial charge in [0, 0.05) is 31.0 Å². The minimum absolute atomic E-state index is 0.535. The maximum absolute atomic E-state index is 5.18. The third kappa shape index (κ3) is 5.75. The number of hydrogen-bond acceptors (Lipinski definition) is 7. The van der Waals surface area contributed by atoms with Crippen LogP contribution in [0.15, 0.2) is 70.0 Å². The highest BCUT2D eigenvalue weighted by atomic mass is 32.2. The third-order valence-electron chi connectivity index (χ3n) is 6.77. The number of rotatable bonds is 8. The Hall–Kier alpha value is -3.13. The van der Waals surface area contributed by atoms with Gasteiger partial charge in [-0.25, -0.2) is 0 Å². The minimum Gasteiger partial charge on any atom is -0.355 e. The molecule has 1 saturated carbocycles. The molecule has 1 N–H and O–H groups in total. The molecule has 7 nitrogen and oxygen atoms in total. The molecule has 3 aromatic rings. The molecule has 1 fully saturated rings. The number of aromatic nitrogens is 5. The number of benzene rings is 1. The predicted octanol–water partition coefficient (Wildman–Crippen LogP) is 5.94. The van der Waals surface area contributed by atoms with Crippen LogP contribution in [0.2, 0.25) is 0 Å². The average molecular weight is 489 g/mol. The van der Waals surface area contributed by atoms with Crippen LogP contribution in [-0.4, -0.2) is 30.7 Å². The average Bonchev–Trinajstić information content (AvgIpc) is 3.39. The first-order valence-corrected chi connectivity index (χ1v) is 13.4. The molecule has 0 saturated heterocycles. The van der Waals surface area contributed by atoms with E-state index in [-0.39, 0.29) is 0 Å². The SMILES string of the molecule is Cc1nc(C2=CC=CC=C(C3CCCC(CCCSc4nnc(-c5ccccc5)n4C)C3)N2)no1. The molecule has 0 radical (unpaired) electrons. The van der Waals surface area contributed by atoms with E-state index in [4.69, 9.17) is 4.52 Å². The lowest BCUT2D eigenvalue weighted by Crippen LogP contribution is -2.25. The second-order valence-corrected chi connectivity index (χ2v) is 10.4. The summed E-state index contributed by atoms with van der Waals surface area (Å²) in [5.74, 6) is 4.47. The van der Waals surface area contributed by atoms with Crippen LogP contribution in [0, 0.1) is 18.8 Å². The van der Waals surface area contributed by atoms with Crippen molar-refractivity contribution in [2.45, 2.75) is 50.6 Å². The molecule has 2 atom stereocenters. The molecule has 0 bridgehead atoms. The standard InChI is InChI=1S/C27H32N6OS/c1-19-28-25(32-34-19)24-16-7-6-15-23(29-24)22-14-8-10-20(18-22)11-9-17-35-27-31-30-26(33(27)2)21-12-4-3-5-13-21/h3-7,12-13,15-16,20,22,29H,8-11,14,17-18H2,1-2H3. The van der Waals surface area contributed by atoms with Gasteiger partial charge in [-0.2, -0.15) is 4.98 Å². The Morgan fingerprint density at radius 1 is 1.11 bits per heavy atom. The normalized spacial score (nSPS) is 20.2. The second-order valence-electron chi connectivity index (χ2n) is 9.30. The molecule has 35 heavy (non-hydrogen) atoms. The summed E-state index contributed by atoms with van der Waals surface area (Å²) in [6, 6.07) is 10.3. The van der Waals surface area contributed by atoms with E-state index in [0.717, 1.165) is 33.9 Å². The largest absolute Gasteiger partial charge is 0.355 e. The van der Waals surface area contributed by atoms with E-state index in [9.17, 15) is 0 Å². The highest BCUT2D eigenvalue weighted by Gasteiger charge is 2.26. The fourth-order valence-electron chi connectivity index (χ4n) is 4.98. The first kappa shape index (κ1) is 23.6. The van der Waals surface area contributed by atoms with Gasteiger partial charge in [0.25, 0.3) is 0 Å².